The molecule has 3 N–H and O–H groups in total. The Balaban J connectivity index is 2.37. The Kier molecular flexibility index (Phi) is 3.89. The molecule has 0 spiro atoms. The standard InChI is InChI=1S/C14H14N2OS/c1-18-13-9-5-4-8-12(13)17-11-7-3-2-6-10(11)14(15)16/h2-9H,1H3,(H3,15,16). The van der Waals surface area contributed by atoms with Gasteiger partial charge in [-0.25, -0.2) is 0 Å². The van der Waals surface area contributed by atoms with Crippen LogP contribution < -0.4 is 10.5 Å². The van der Waals surface area contributed by atoms with Crippen LogP contribution in [0.3, 0.4) is 0 Å². The first-order chi connectivity index (χ1) is 8.72. The predicted octanol–water partition coefficient (Wildman–Crippen LogP) is 3.48. The molecule has 0 aliphatic rings. The summed E-state index contributed by atoms with van der Waals surface area (Å²) in [7, 11) is 0. The Hall–Kier alpha value is -1.94. The number of nitrogens with one attached hydrogen (secondary N) is 1. The quantitative estimate of drug-likeness (QED) is 0.501. The molecule has 0 aliphatic carbocycles. The predicted molar refractivity (Wildman–Crippen MR) is 75.8 cm³/mol. The molecule has 0 heterocycles. The number of nitrogen functional groups attached to an aromatic ring is 1. The number of nitrogens with two attached hydrogens (primary N) is 1. The summed E-state index contributed by atoms with van der Waals surface area (Å²) in [5, 5.41) is 7.53. The average Bonchev–Trinajstić information content (AvgIpc) is 2.40. The van der Waals surface area contributed by atoms with Crippen molar-refractivity contribution in [3.05, 3.63) is 54.1 Å². The van der Waals surface area contributed by atoms with E-state index in [0.29, 0.717) is 11.3 Å². The number of para-hydroxylation sites is 2. The summed E-state index contributed by atoms with van der Waals surface area (Å²) in [6.07, 6.45) is 2.00. The van der Waals surface area contributed by atoms with Crippen LogP contribution in [0.4, 0.5) is 0 Å². The number of hydrogen-bond donors (Lipinski definition) is 2. The normalized spacial score (nSPS) is 10.1. The van der Waals surface area contributed by atoms with E-state index >= 15 is 0 Å². The van der Waals surface area contributed by atoms with Gasteiger partial charge in [0, 0.05) is 4.90 Å². The van der Waals surface area contributed by atoms with E-state index in [-0.39, 0.29) is 5.84 Å². The van der Waals surface area contributed by atoms with Gasteiger partial charge in [0.2, 0.25) is 0 Å². The molecule has 2 aromatic rings. The number of ether oxygens (including phenoxy) is 1. The van der Waals surface area contributed by atoms with E-state index in [1.165, 1.54) is 0 Å². The molecule has 2 rings (SSSR count). The second kappa shape index (κ2) is 5.60. The van der Waals surface area contributed by atoms with Gasteiger partial charge in [0.05, 0.1) is 5.56 Å². The van der Waals surface area contributed by atoms with E-state index in [1.54, 1.807) is 17.8 Å². The second-order valence-corrected chi connectivity index (χ2v) is 4.51. The maximum Gasteiger partial charge on any atom is 0.140 e. The van der Waals surface area contributed by atoms with Crippen LogP contribution in [0.2, 0.25) is 0 Å². The number of benzene rings is 2. The Labute approximate surface area is 110 Å². The van der Waals surface area contributed by atoms with Gasteiger partial charge < -0.3 is 10.5 Å². The van der Waals surface area contributed by atoms with Crippen molar-refractivity contribution in [2.24, 2.45) is 5.73 Å². The van der Waals surface area contributed by atoms with Crippen LogP contribution in [0.5, 0.6) is 11.5 Å². The van der Waals surface area contributed by atoms with E-state index < -0.39 is 0 Å². The lowest BCUT2D eigenvalue weighted by atomic mass is 10.2. The molecule has 92 valence electrons. The Bertz CT molecular complexity index is 569. The molecule has 0 bridgehead atoms. The number of rotatable bonds is 4. The molecule has 0 aliphatic heterocycles. The molecule has 0 aromatic heterocycles. The molecule has 4 heteroatoms. The molecule has 0 atom stereocenters. The highest BCUT2D eigenvalue weighted by Crippen LogP contribution is 2.32. The third-order valence-electron chi connectivity index (χ3n) is 2.47. The van der Waals surface area contributed by atoms with Crippen molar-refractivity contribution in [2.45, 2.75) is 4.90 Å². The van der Waals surface area contributed by atoms with Crippen LogP contribution >= 0.6 is 11.8 Å². The van der Waals surface area contributed by atoms with Gasteiger partial charge in [0.15, 0.2) is 0 Å². The van der Waals surface area contributed by atoms with Gasteiger partial charge in [-0.1, -0.05) is 24.3 Å². The van der Waals surface area contributed by atoms with Crippen molar-refractivity contribution in [3.8, 4) is 11.5 Å². The SMILES string of the molecule is CSc1ccccc1Oc1ccccc1C(=N)N. The van der Waals surface area contributed by atoms with Crippen molar-refractivity contribution < 1.29 is 4.74 Å². The van der Waals surface area contributed by atoms with Gasteiger partial charge >= 0.3 is 0 Å². The van der Waals surface area contributed by atoms with E-state index in [1.807, 2.05) is 48.7 Å². The third-order valence-corrected chi connectivity index (χ3v) is 3.24. The van der Waals surface area contributed by atoms with Crippen LogP contribution in [0.15, 0.2) is 53.4 Å². The van der Waals surface area contributed by atoms with Gasteiger partial charge in [0.1, 0.15) is 17.3 Å². The number of hydrogen-bond acceptors (Lipinski definition) is 3. The van der Waals surface area contributed by atoms with Gasteiger partial charge in [0.25, 0.3) is 0 Å². The molecule has 0 amide bonds. The van der Waals surface area contributed by atoms with E-state index in [9.17, 15) is 0 Å². The smallest absolute Gasteiger partial charge is 0.140 e. The summed E-state index contributed by atoms with van der Waals surface area (Å²) < 4.78 is 5.85. The zero-order valence-corrected chi connectivity index (χ0v) is 10.8. The first-order valence-electron chi connectivity index (χ1n) is 5.46. The van der Waals surface area contributed by atoms with Crippen LogP contribution in [-0.2, 0) is 0 Å². The van der Waals surface area contributed by atoms with Crippen LogP contribution in [0.1, 0.15) is 5.56 Å². The lowest BCUT2D eigenvalue weighted by Gasteiger charge is -2.12. The highest BCUT2D eigenvalue weighted by atomic mass is 32.2. The fourth-order valence-electron chi connectivity index (χ4n) is 1.60. The second-order valence-electron chi connectivity index (χ2n) is 3.66. The highest BCUT2D eigenvalue weighted by Gasteiger charge is 2.08. The largest absolute Gasteiger partial charge is 0.455 e. The summed E-state index contributed by atoms with van der Waals surface area (Å²) in [5.74, 6) is 1.39. The summed E-state index contributed by atoms with van der Waals surface area (Å²) in [6.45, 7) is 0. The number of thioether (sulfide) groups is 1. The van der Waals surface area contributed by atoms with Gasteiger partial charge in [-0.15, -0.1) is 11.8 Å². The fourth-order valence-corrected chi connectivity index (χ4v) is 2.13. The molecule has 3 nitrogen and oxygen atoms in total. The van der Waals surface area contributed by atoms with Crippen LogP contribution in [0, 0.1) is 5.41 Å². The lowest BCUT2D eigenvalue weighted by Crippen LogP contribution is -2.12. The molecule has 0 fully saturated rings. The fraction of sp³-hybridized carbons (Fsp3) is 0.0714. The maximum absolute atomic E-state index is 7.53. The maximum atomic E-state index is 7.53. The molecule has 0 radical (unpaired) electrons. The van der Waals surface area contributed by atoms with Crippen molar-refractivity contribution >= 4 is 17.6 Å². The molecule has 2 aromatic carbocycles. The van der Waals surface area contributed by atoms with Gasteiger partial charge in [-0.3, -0.25) is 5.41 Å². The van der Waals surface area contributed by atoms with Crippen LogP contribution in [-0.4, -0.2) is 12.1 Å². The number of amidine groups is 1. The topological polar surface area (TPSA) is 59.1 Å². The zero-order chi connectivity index (χ0) is 13.0. The average molecular weight is 258 g/mol. The van der Waals surface area contributed by atoms with E-state index in [0.717, 1.165) is 10.6 Å². The molecule has 0 saturated carbocycles. The minimum Gasteiger partial charge on any atom is -0.455 e. The van der Waals surface area contributed by atoms with Gasteiger partial charge in [-0.2, -0.15) is 0 Å². The molecule has 18 heavy (non-hydrogen) atoms. The van der Waals surface area contributed by atoms with Crippen molar-refractivity contribution in [3.63, 3.8) is 0 Å². The molecular formula is C14H14N2OS. The van der Waals surface area contributed by atoms with Crippen molar-refractivity contribution in [2.75, 3.05) is 6.26 Å². The third kappa shape index (κ3) is 2.65. The van der Waals surface area contributed by atoms with Crippen molar-refractivity contribution in [1.82, 2.24) is 0 Å². The van der Waals surface area contributed by atoms with Crippen LogP contribution in [0.25, 0.3) is 0 Å². The molecule has 0 saturated heterocycles. The minimum absolute atomic E-state index is 0.00670. The summed E-state index contributed by atoms with van der Waals surface area (Å²) in [4.78, 5) is 1.05. The molecular weight excluding hydrogens is 244 g/mol. The Morgan fingerprint density at radius 2 is 1.67 bits per heavy atom. The highest BCUT2D eigenvalue weighted by molar-refractivity contribution is 7.98. The zero-order valence-electron chi connectivity index (χ0n) is 10.0. The molecule has 0 unspecified atom stereocenters. The Morgan fingerprint density at radius 3 is 2.33 bits per heavy atom. The van der Waals surface area contributed by atoms with Crippen molar-refractivity contribution in [1.29, 1.82) is 5.41 Å². The van der Waals surface area contributed by atoms with Gasteiger partial charge in [-0.05, 0) is 30.5 Å². The summed E-state index contributed by atoms with van der Waals surface area (Å²) in [6, 6.07) is 15.1. The Morgan fingerprint density at radius 1 is 1.06 bits per heavy atom. The summed E-state index contributed by atoms with van der Waals surface area (Å²) >= 11 is 1.62. The first-order valence-corrected chi connectivity index (χ1v) is 6.69. The van der Waals surface area contributed by atoms with E-state index in [4.69, 9.17) is 15.9 Å². The summed E-state index contributed by atoms with van der Waals surface area (Å²) in [5.41, 5.74) is 6.14. The first kappa shape index (κ1) is 12.5. The minimum atomic E-state index is 0.00670. The van der Waals surface area contributed by atoms with E-state index in [2.05, 4.69) is 0 Å². The lowest BCUT2D eigenvalue weighted by molar-refractivity contribution is 0.470. The monoisotopic (exact) mass is 258 g/mol.